The van der Waals surface area contributed by atoms with Gasteiger partial charge in [-0.05, 0) is 74.7 Å². The number of nitrogens with one attached hydrogen (secondary N) is 1. The summed E-state index contributed by atoms with van der Waals surface area (Å²) < 4.78 is 0. The quantitative estimate of drug-likeness (QED) is 0.413. The van der Waals surface area contributed by atoms with E-state index in [4.69, 9.17) is 5.73 Å². The minimum absolute atomic E-state index is 0.275. The van der Waals surface area contributed by atoms with Gasteiger partial charge in [0, 0.05) is 6.08 Å². The molecule has 0 aliphatic carbocycles. The normalized spacial score (nSPS) is 15.6. The van der Waals surface area contributed by atoms with E-state index in [0.29, 0.717) is 17.8 Å². The SMILES string of the molecule is Nc1ccccc1NC(=O)/C=C/c1ccc(C(CCCN2CCCCC2)C(=O)O)cc1. The second-order valence-electron chi connectivity index (χ2n) is 8.01. The first kappa shape index (κ1) is 22.6. The maximum Gasteiger partial charge on any atom is 0.310 e. The van der Waals surface area contributed by atoms with Crippen molar-refractivity contribution >= 4 is 29.3 Å². The third-order valence-electron chi connectivity index (χ3n) is 5.70. The number of aliphatic carboxylic acids is 1. The summed E-state index contributed by atoms with van der Waals surface area (Å²) in [7, 11) is 0. The summed E-state index contributed by atoms with van der Waals surface area (Å²) in [6.45, 7) is 3.22. The van der Waals surface area contributed by atoms with Crippen LogP contribution in [0.1, 0.15) is 49.1 Å². The summed E-state index contributed by atoms with van der Waals surface area (Å²) in [5, 5.41) is 12.4. The van der Waals surface area contributed by atoms with Gasteiger partial charge in [-0.2, -0.15) is 0 Å². The van der Waals surface area contributed by atoms with Crippen LogP contribution in [-0.4, -0.2) is 41.5 Å². The van der Waals surface area contributed by atoms with Crippen LogP contribution < -0.4 is 11.1 Å². The summed E-state index contributed by atoms with van der Waals surface area (Å²) >= 11 is 0. The number of carbonyl (C=O) groups is 2. The highest BCUT2D eigenvalue weighted by molar-refractivity contribution is 6.03. The first-order valence-corrected chi connectivity index (χ1v) is 10.9. The Morgan fingerprint density at radius 3 is 2.45 bits per heavy atom. The van der Waals surface area contributed by atoms with E-state index in [1.54, 1.807) is 30.3 Å². The van der Waals surface area contributed by atoms with Crippen LogP contribution in [0.3, 0.4) is 0 Å². The molecular weight excluding hydrogens is 390 g/mol. The topological polar surface area (TPSA) is 95.7 Å². The largest absolute Gasteiger partial charge is 0.481 e. The lowest BCUT2D eigenvalue weighted by molar-refractivity contribution is -0.139. The van der Waals surface area contributed by atoms with E-state index in [-0.39, 0.29) is 5.91 Å². The monoisotopic (exact) mass is 421 g/mol. The van der Waals surface area contributed by atoms with Crippen molar-refractivity contribution in [3.05, 3.63) is 65.7 Å². The standard InChI is InChI=1S/C25H31N3O3/c26-22-8-2-3-9-23(22)27-24(29)15-12-19-10-13-20(14-11-19)21(25(30)31)7-6-18-28-16-4-1-5-17-28/h2-3,8-15,21H,1,4-7,16-18,26H2,(H,27,29)(H,30,31)/b15-12+. The summed E-state index contributed by atoms with van der Waals surface area (Å²) in [6.07, 6.45) is 8.43. The molecule has 0 bridgehead atoms. The molecule has 164 valence electrons. The van der Waals surface area contributed by atoms with Gasteiger partial charge in [-0.25, -0.2) is 0 Å². The first-order valence-electron chi connectivity index (χ1n) is 10.9. The highest BCUT2D eigenvalue weighted by Gasteiger charge is 2.20. The molecule has 6 nitrogen and oxygen atoms in total. The molecule has 6 heteroatoms. The van der Waals surface area contributed by atoms with E-state index >= 15 is 0 Å². The number of hydrogen-bond donors (Lipinski definition) is 3. The number of carboxylic acids is 1. The molecule has 1 unspecified atom stereocenters. The predicted octanol–water partition coefficient (Wildman–Crippen LogP) is 4.36. The molecule has 4 N–H and O–H groups in total. The van der Waals surface area contributed by atoms with Gasteiger partial charge in [0.25, 0.3) is 0 Å². The Bertz CT molecular complexity index is 902. The second-order valence-corrected chi connectivity index (χ2v) is 8.01. The molecule has 1 atom stereocenters. The van der Waals surface area contributed by atoms with Crippen LogP contribution in [0, 0.1) is 0 Å². The smallest absolute Gasteiger partial charge is 0.310 e. The Morgan fingerprint density at radius 2 is 1.77 bits per heavy atom. The van der Waals surface area contributed by atoms with Crippen molar-refractivity contribution in [3.8, 4) is 0 Å². The second kappa shape index (κ2) is 11.3. The highest BCUT2D eigenvalue weighted by Crippen LogP contribution is 2.23. The van der Waals surface area contributed by atoms with Crippen LogP contribution in [0.15, 0.2) is 54.6 Å². The molecule has 3 rings (SSSR count). The number of nitrogen functional groups attached to an aromatic ring is 1. The van der Waals surface area contributed by atoms with Gasteiger partial charge in [-0.15, -0.1) is 0 Å². The molecule has 1 aliphatic heterocycles. The zero-order chi connectivity index (χ0) is 22.1. The fourth-order valence-electron chi connectivity index (χ4n) is 3.93. The lowest BCUT2D eigenvalue weighted by Gasteiger charge is -2.26. The lowest BCUT2D eigenvalue weighted by atomic mass is 9.93. The van der Waals surface area contributed by atoms with Crippen LogP contribution in [-0.2, 0) is 9.59 Å². The van der Waals surface area contributed by atoms with Gasteiger partial charge in [-0.3, -0.25) is 9.59 Å². The molecular formula is C25H31N3O3. The van der Waals surface area contributed by atoms with Crippen molar-refractivity contribution in [2.24, 2.45) is 0 Å². The minimum Gasteiger partial charge on any atom is -0.481 e. The average Bonchev–Trinajstić information content (AvgIpc) is 2.78. The molecule has 0 radical (unpaired) electrons. The van der Waals surface area contributed by atoms with Crippen molar-refractivity contribution in [3.63, 3.8) is 0 Å². The molecule has 1 heterocycles. The van der Waals surface area contributed by atoms with Gasteiger partial charge in [0.15, 0.2) is 0 Å². The van der Waals surface area contributed by atoms with Gasteiger partial charge in [0.2, 0.25) is 5.91 Å². The number of carboxylic acid groups (broad SMARTS) is 1. The molecule has 1 amide bonds. The van der Waals surface area contributed by atoms with Crippen molar-refractivity contribution < 1.29 is 14.7 Å². The Morgan fingerprint density at radius 1 is 1.06 bits per heavy atom. The number of nitrogens with two attached hydrogens (primary N) is 1. The molecule has 0 aromatic heterocycles. The van der Waals surface area contributed by atoms with Gasteiger partial charge < -0.3 is 21.1 Å². The van der Waals surface area contributed by atoms with E-state index in [0.717, 1.165) is 37.2 Å². The predicted molar refractivity (Wildman–Crippen MR) is 125 cm³/mol. The number of piperidine rings is 1. The minimum atomic E-state index is -0.790. The number of benzene rings is 2. The van der Waals surface area contributed by atoms with E-state index in [9.17, 15) is 14.7 Å². The van der Waals surface area contributed by atoms with E-state index in [1.165, 1.54) is 25.3 Å². The molecule has 0 saturated carbocycles. The van der Waals surface area contributed by atoms with E-state index in [2.05, 4.69) is 10.2 Å². The third kappa shape index (κ3) is 6.96. The van der Waals surface area contributed by atoms with Crippen molar-refractivity contribution in [2.75, 3.05) is 30.7 Å². The van der Waals surface area contributed by atoms with Crippen LogP contribution in [0.5, 0.6) is 0 Å². The Kier molecular flexibility index (Phi) is 8.24. The number of rotatable bonds is 9. The highest BCUT2D eigenvalue weighted by atomic mass is 16.4. The van der Waals surface area contributed by atoms with Gasteiger partial charge in [0.1, 0.15) is 0 Å². The molecule has 2 aromatic rings. The van der Waals surface area contributed by atoms with Crippen molar-refractivity contribution in [1.82, 2.24) is 4.90 Å². The van der Waals surface area contributed by atoms with Crippen molar-refractivity contribution in [2.45, 2.75) is 38.0 Å². The van der Waals surface area contributed by atoms with E-state index in [1.807, 2.05) is 24.3 Å². The van der Waals surface area contributed by atoms with E-state index < -0.39 is 11.9 Å². The number of likely N-dealkylation sites (tertiary alicyclic amines) is 1. The van der Waals surface area contributed by atoms with Crippen LogP contribution in [0.4, 0.5) is 11.4 Å². The molecule has 0 spiro atoms. The van der Waals surface area contributed by atoms with Gasteiger partial charge >= 0.3 is 5.97 Å². The molecule has 2 aromatic carbocycles. The number of nitrogens with zero attached hydrogens (tertiary/aromatic N) is 1. The zero-order valence-corrected chi connectivity index (χ0v) is 17.8. The fraction of sp³-hybridized carbons (Fsp3) is 0.360. The summed E-state index contributed by atoms with van der Waals surface area (Å²) in [5.41, 5.74) is 8.54. The zero-order valence-electron chi connectivity index (χ0n) is 17.8. The molecule has 1 fully saturated rings. The number of carbonyl (C=O) groups excluding carboxylic acids is 1. The Hall–Kier alpha value is -3.12. The summed E-state index contributed by atoms with van der Waals surface area (Å²) in [4.78, 5) is 26.3. The fourth-order valence-corrected chi connectivity index (χ4v) is 3.93. The Balaban J connectivity index is 1.54. The van der Waals surface area contributed by atoms with Crippen molar-refractivity contribution in [1.29, 1.82) is 0 Å². The van der Waals surface area contributed by atoms with Crippen LogP contribution in [0.2, 0.25) is 0 Å². The lowest BCUT2D eigenvalue weighted by Crippen LogP contribution is -2.31. The molecule has 31 heavy (non-hydrogen) atoms. The first-order chi connectivity index (χ1) is 15.0. The maximum absolute atomic E-state index is 12.1. The van der Waals surface area contributed by atoms with Gasteiger partial charge in [-0.1, -0.05) is 42.8 Å². The van der Waals surface area contributed by atoms with Gasteiger partial charge in [0.05, 0.1) is 17.3 Å². The Labute approximate surface area is 183 Å². The molecule has 1 saturated heterocycles. The number of anilines is 2. The van der Waals surface area contributed by atoms with Crippen LogP contribution in [0.25, 0.3) is 6.08 Å². The number of hydrogen-bond acceptors (Lipinski definition) is 4. The van der Waals surface area contributed by atoms with Crippen LogP contribution >= 0.6 is 0 Å². The number of para-hydroxylation sites is 2. The summed E-state index contributed by atoms with van der Waals surface area (Å²) in [6, 6.07) is 14.4. The number of amides is 1. The third-order valence-corrected chi connectivity index (χ3v) is 5.70. The summed E-state index contributed by atoms with van der Waals surface area (Å²) in [5.74, 6) is -1.57. The molecule has 1 aliphatic rings. The average molecular weight is 422 g/mol. The maximum atomic E-state index is 12.1.